The van der Waals surface area contributed by atoms with Crippen LogP contribution in [0.4, 0.5) is 0 Å². The number of hydrogen-bond acceptors (Lipinski definition) is 3. The van der Waals surface area contributed by atoms with Crippen molar-refractivity contribution in [2.45, 2.75) is 19.4 Å². The van der Waals surface area contributed by atoms with Gasteiger partial charge in [-0.05, 0) is 18.6 Å². The van der Waals surface area contributed by atoms with Gasteiger partial charge in [0.2, 0.25) is 0 Å². The van der Waals surface area contributed by atoms with Crippen LogP contribution in [0.5, 0.6) is 5.75 Å². The van der Waals surface area contributed by atoms with Crippen LogP contribution in [0.3, 0.4) is 0 Å². The number of piperazine rings is 1. The first-order valence-corrected chi connectivity index (χ1v) is 7.01. The summed E-state index contributed by atoms with van der Waals surface area (Å²) in [4.78, 5) is 2.36. The zero-order valence-electron chi connectivity index (χ0n) is 11.2. The van der Waals surface area contributed by atoms with Crippen LogP contribution in [-0.2, 0) is 0 Å². The summed E-state index contributed by atoms with van der Waals surface area (Å²) in [6.07, 6.45) is 0.921. The molecular weight excluding hydrogens is 342 g/mol. The number of aromatic hydroxyl groups is 1. The van der Waals surface area contributed by atoms with E-state index >= 15 is 0 Å². The molecule has 0 aliphatic carbocycles. The van der Waals surface area contributed by atoms with E-state index in [-0.39, 0.29) is 36.6 Å². The molecule has 0 unspecified atom stereocenters. The molecule has 7 heteroatoms. The molecule has 1 atom stereocenters. The Kier molecular flexibility index (Phi) is 9.23. The minimum Gasteiger partial charge on any atom is -0.506 e. The summed E-state index contributed by atoms with van der Waals surface area (Å²) >= 11 is 12.0. The molecule has 1 saturated heterocycles. The van der Waals surface area contributed by atoms with Crippen LogP contribution >= 0.6 is 48.0 Å². The van der Waals surface area contributed by atoms with E-state index in [0.717, 1.165) is 38.2 Å². The minimum atomic E-state index is 0. The smallest absolute Gasteiger partial charge is 0.139 e. The van der Waals surface area contributed by atoms with Crippen molar-refractivity contribution in [2.24, 2.45) is 0 Å². The second-order valence-electron chi connectivity index (χ2n) is 4.54. The van der Waals surface area contributed by atoms with Crippen LogP contribution in [0.1, 0.15) is 24.9 Å². The summed E-state index contributed by atoms with van der Waals surface area (Å²) in [6.45, 7) is 6.02. The maximum atomic E-state index is 10.1. The van der Waals surface area contributed by atoms with E-state index in [2.05, 4.69) is 17.1 Å². The summed E-state index contributed by atoms with van der Waals surface area (Å²) in [7, 11) is 0. The number of benzene rings is 1. The van der Waals surface area contributed by atoms with Crippen molar-refractivity contribution in [3.63, 3.8) is 0 Å². The monoisotopic (exact) mass is 360 g/mol. The third kappa shape index (κ3) is 4.55. The average molecular weight is 362 g/mol. The van der Waals surface area contributed by atoms with Gasteiger partial charge in [-0.1, -0.05) is 30.1 Å². The zero-order chi connectivity index (χ0) is 13.1. The Balaban J connectivity index is 0.00000180. The molecule has 3 nitrogen and oxygen atoms in total. The van der Waals surface area contributed by atoms with E-state index in [4.69, 9.17) is 23.2 Å². The number of rotatable bonds is 3. The molecule has 116 valence electrons. The molecule has 1 fully saturated rings. The second-order valence-corrected chi connectivity index (χ2v) is 5.38. The maximum absolute atomic E-state index is 10.1. The molecular formula is C13H20Cl4N2O. The molecule has 0 aromatic heterocycles. The molecule has 20 heavy (non-hydrogen) atoms. The van der Waals surface area contributed by atoms with Crippen LogP contribution in [0.15, 0.2) is 12.1 Å². The van der Waals surface area contributed by atoms with Crippen molar-refractivity contribution in [2.75, 3.05) is 26.2 Å². The van der Waals surface area contributed by atoms with Gasteiger partial charge in [0.25, 0.3) is 0 Å². The van der Waals surface area contributed by atoms with Gasteiger partial charge in [-0.25, -0.2) is 0 Å². The van der Waals surface area contributed by atoms with Crippen molar-refractivity contribution in [1.29, 1.82) is 0 Å². The molecule has 0 amide bonds. The molecule has 1 aromatic rings. The van der Waals surface area contributed by atoms with Crippen molar-refractivity contribution in [1.82, 2.24) is 10.2 Å². The number of halogens is 4. The van der Waals surface area contributed by atoms with E-state index in [9.17, 15) is 5.11 Å². The lowest BCUT2D eigenvalue weighted by Gasteiger charge is -2.35. The summed E-state index contributed by atoms with van der Waals surface area (Å²) in [5, 5.41) is 14.3. The molecule has 1 aliphatic rings. The van der Waals surface area contributed by atoms with Gasteiger partial charge < -0.3 is 10.4 Å². The summed E-state index contributed by atoms with van der Waals surface area (Å²) in [6, 6.07) is 3.56. The molecule has 1 heterocycles. The average Bonchev–Trinajstić information content (AvgIpc) is 2.37. The van der Waals surface area contributed by atoms with Crippen molar-refractivity contribution in [3.8, 4) is 5.75 Å². The largest absolute Gasteiger partial charge is 0.506 e. The van der Waals surface area contributed by atoms with Crippen LogP contribution < -0.4 is 5.32 Å². The third-order valence-corrected chi connectivity index (χ3v) is 3.90. The molecule has 0 saturated carbocycles. The van der Waals surface area contributed by atoms with Crippen LogP contribution in [0, 0.1) is 0 Å². The topological polar surface area (TPSA) is 35.5 Å². The molecule has 2 rings (SSSR count). The van der Waals surface area contributed by atoms with Crippen molar-refractivity contribution >= 4 is 48.0 Å². The van der Waals surface area contributed by atoms with Crippen molar-refractivity contribution < 1.29 is 5.11 Å². The molecule has 2 N–H and O–H groups in total. The summed E-state index contributed by atoms with van der Waals surface area (Å²) in [5.41, 5.74) is 0.830. The minimum absolute atomic E-state index is 0. The van der Waals surface area contributed by atoms with Gasteiger partial charge in [0.05, 0.1) is 5.02 Å². The van der Waals surface area contributed by atoms with Gasteiger partial charge >= 0.3 is 0 Å². The van der Waals surface area contributed by atoms with Gasteiger partial charge in [-0.15, -0.1) is 24.8 Å². The quantitative estimate of drug-likeness (QED) is 0.856. The highest BCUT2D eigenvalue weighted by molar-refractivity contribution is 6.35. The van der Waals surface area contributed by atoms with E-state index in [0.29, 0.717) is 10.0 Å². The van der Waals surface area contributed by atoms with E-state index < -0.39 is 0 Å². The number of nitrogens with zero attached hydrogens (tertiary/aromatic N) is 1. The Hall–Kier alpha value is 0.1000. The molecule has 1 aliphatic heterocycles. The normalized spacial score (nSPS) is 16.9. The van der Waals surface area contributed by atoms with Gasteiger partial charge in [0.1, 0.15) is 5.75 Å². The SMILES string of the molecule is CC[C@H](c1cc(Cl)cc(Cl)c1O)N1CCNCC1.Cl.Cl. The Morgan fingerprint density at radius 1 is 1.25 bits per heavy atom. The molecule has 0 spiro atoms. The zero-order valence-corrected chi connectivity index (χ0v) is 14.4. The lowest BCUT2D eigenvalue weighted by atomic mass is 10.0. The number of phenolic OH excluding ortho intramolecular Hbond substituents is 1. The first kappa shape index (κ1) is 20.1. The van der Waals surface area contributed by atoms with E-state index in [1.807, 2.05) is 6.07 Å². The first-order valence-electron chi connectivity index (χ1n) is 6.26. The van der Waals surface area contributed by atoms with Crippen molar-refractivity contribution in [3.05, 3.63) is 27.7 Å². The Morgan fingerprint density at radius 3 is 2.40 bits per heavy atom. The fourth-order valence-corrected chi connectivity index (χ4v) is 3.02. The number of nitrogens with one attached hydrogen (secondary N) is 1. The second kappa shape index (κ2) is 9.19. The van der Waals surface area contributed by atoms with Gasteiger partial charge in [0, 0.05) is 42.8 Å². The van der Waals surface area contributed by atoms with Crippen LogP contribution in [0.25, 0.3) is 0 Å². The highest BCUT2D eigenvalue weighted by Crippen LogP contribution is 2.38. The predicted molar refractivity (Wildman–Crippen MR) is 90.1 cm³/mol. The van der Waals surface area contributed by atoms with E-state index in [1.165, 1.54) is 0 Å². The van der Waals surface area contributed by atoms with E-state index in [1.54, 1.807) is 6.07 Å². The third-order valence-electron chi connectivity index (χ3n) is 3.40. The Labute approximate surface area is 142 Å². The number of phenols is 1. The van der Waals surface area contributed by atoms with Crippen LogP contribution in [-0.4, -0.2) is 36.2 Å². The standard InChI is InChI=1S/C13H18Cl2N2O.2ClH/c1-2-12(17-5-3-16-4-6-17)10-7-9(14)8-11(15)13(10)18;;/h7-8,12,16,18H,2-6H2,1H3;2*1H/t12-;;/m1../s1. The van der Waals surface area contributed by atoms with Crippen LogP contribution in [0.2, 0.25) is 10.0 Å². The van der Waals surface area contributed by atoms with Gasteiger partial charge in [-0.2, -0.15) is 0 Å². The first-order chi connectivity index (χ1) is 8.63. The summed E-state index contributed by atoms with van der Waals surface area (Å²) < 4.78 is 0. The highest BCUT2D eigenvalue weighted by Gasteiger charge is 2.24. The molecule has 0 radical (unpaired) electrons. The molecule has 1 aromatic carbocycles. The highest BCUT2D eigenvalue weighted by atomic mass is 35.5. The lowest BCUT2D eigenvalue weighted by Crippen LogP contribution is -2.45. The Bertz CT molecular complexity index is 425. The maximum Gasteiger partial charge on any atom is 0.139 e. The fraction of sp³-hybridized carbons (Fsp3) is 0.538. The van der Waals surface area contributed by atoms with Gasteiger partial charge in [-0.3, -0.25) is 4.90 Å². The lowest BCUT2D eigenvalue weighted by molar-refractivity contribution is 0.167. The van der Waals surface area contributed by atoms with Gasteiger partial charge in [0.15, 0.2) is 0 Å². The number of hydrogen-bond donors (Lipinski definition) is 2. The Morgan fingerprint density at radius 2 is 1.85 bits per heavy atom. The fourth-order valence-electron chi connectivity index (χ4n) is 2.51. The molecule has 0 bridgehead atoms. The summed E-state index contributed by atoms with van der Waals surface area (Å²) in [5.74, 6) is 0.159. The predicted octanol–water partition coefficient (Wildman–Crippen LogP) is 3.90.